The Bertz CT molecular complexity index is 676. The fourth-order valence-corrected chi connectivity index (χ4v) is 3.18. The van der Waals surface area contributed by atoms with E-state index < -0.39 is 9.89 Å². The quantitative estimate of drug-likeness (QED) is 0.643. The molecule has 114 valence electrons. The lowest BCUT2D eigenvalue weighted by Crippen LogP contribution is -2.32. The summed E-state index contributed by atoms with van der Waals surface area (Å²) >= 11 is 18.4. The molecule has 1 aromatic carbocycles. The van der Waals surface area contributed by atoms with Gasteiger partial charge in [-0.1, -0.05) is 58.7 Å². The number of amides is 1. The Morgan fingerprint density at radius 3 is 2.68 bits per heavy atom. The largest absolute Gasteiger partial charge is 0.444 e. The normalized spacial score (nSPS) is 13.3. The Labute approximate surface area is 146 Å². The van der Waals surface area contributed by atoms with Crippen LogP contribution in [0.3, 0.4) is 0 Å². The third-order valence-electron chi connectivity index (χ3n) is 2.83. The van der Waals surface area contributed by atoms with Gasteiger partial charge in [-0.25, -0.2) is 14.7 Å². The van der Waals surface area contributed by atoms with Crippen LogP contribution >= 0.6 is 46.6 Å². The van der Waals surface area contributed by atoms with Gasteiger partial charge < -0.3 is 4.74 Å². The van der Waals surface area contributed by atoms with Crippen LogP contribution in [0.15, 0.2) is 52.4 Å². The zero-order valence-corrected chi connectivity index (χ0v) is 14.1. The lowest BCUT2D eigenvalue weighted by molar-refractivity contribution is 0.158. The van der Waals surface area contributed by atoms with Gasteiger partial charge in [0.15, 0.2) is 5.82 Å². The number of hydrogen-bond donors (Lipinski definition) is 0. The zero-order valence-electron chi connectivity index (χ0n) is 11.0. The summed E-state index contributed by atoms with van der Waals surface area (Å²) in [6.07, 6.45) is 0.974. The maximum atomic E-state index is 12.4. The summed E-state index contributed by atoms with van der Waals surface area (Å²) in [5.41, 5.74) is 0.688. The number of alkyl halides is 3. The summed E-state index contributed by atoms with van der Waals surface area (Å²) in [6.45, 7) is -0.343. The fraction of sp³-hybridized carbons (Fsp3) is 0.143. The van der Waals surface area contributed by atoms with Gasteiger partial charge in [0.05, 0.1) is 10.6 Å². The first-order chi connectivity index (χ1) is 10.5. The topological polar surface area (TPSA) is 42.4 Å². The first kappa shape index (κ1) is 15.7. The molecule has 0 saturated heterocycles. The average molecular weight is 376 g/mol. The number of fused-ring (bicyclic) bond motifs is 2. The molecule has 22 heavy (non-hydrogen) atoms. The Hall–Kier alpha value is -1.14. The van der Waals surface area contributed by atoms with Crippen molar-refractivity contribution in [3.05, 3.63) is 42.6 Å². The molecule has 8 heteroatoms. The Morgan fingerprint density at radius 1 is 1.18 bits per heavy atom. The fourth-order valence-electron chi connectivity index (χ4n) is 1.98. The van der Waals surface area contributed by atoms with Gasteiger partial charge in [0.25, 0.3) is 0 Å². The van der Waals surface area contributed by atoms with E-state index in [1.807, 2.05) is 36.4 Å². The summed E-state index contributed by atoms with van der Waals surface area (Å²) in [4.78, 5) is 19.9. The minimum absolute atomic E-state index is 0.343. The minimum Gasteiger partial charge on any atom is -0.444 e. The monoisotopic (exact) mass is 374 g/mol. The van der Waals surface area contributed by atoms with Crippen LogP contribution in [-0.2, 0) is 4.74 Å². The van der Waals surface area contributed by atoms with Crippen molar-refractivity contribution in [2.75, 3.05) is 11.5 Å². The van der Waals surface area contributed by atoms with Gasteiger partial charge in [-0.3, -0.25) is 0 Å². The van der Waals surface area contributed by atoms with Crippen molar-refractivity contribution >= 4 is 64.2 Å². The van der Waals surface area contributed by atoms with Crippen molar-refractivity contribution < 1.29 is 9.53 Å². The number of carbonyl (C=O) groups excluding carboxylic acids is 1. The molecule has 2 aromatic rings. The number of nitrogens with zero attached hydrogens (tertiary/aromatic N) is 2. The van der Waals surface area contributed by atoms with Gasteiger partial charge in [-0.05, 0) is 24.3 Å². The predicted octanol–water partition coefficient (Wildman–Crippen LogP) is 5.19. The lowest BCUT2D eigenvalue weighted by Gasteiger charge is -2.29. The first-order valence-corrected chi connectivity index (χ1v) is 8.16. The highest BCUT2D eigenvalue weighted by Gasteiger charge is 2.32. The SMILES string of the molecule is O=C(OCC(Cl)(Cl)Cl)N1c2ccccc2Sc2cccnc21. The summed E-state index contributed by atoms with van der Waals surface area (Å²) in [7, 11) is 0. The van der Waals surface area contributed by atoms with Crippen molar-refractivity contribution in [1.29, 1.82) is 0 Å². The van der Waals surface area contributed by atoms with Crippen molar-refractivity contribution in [1.82, 2.24) is 4.98 Å². The van der Waals surface area contributed by atoms with Crippen molar-refractivity contribution in [2.45, 2.75) is 13.6 Å². The van der Waals surface area contributed by atoms with Gasteiger partial charge in [0, 0.05) is 11.1 Å². The molecule has 0 fully saturated rings. The maximum absolute atomic E-state index is 12.4. The molecule has 1 amide bonds. The maximum Gasteiger partial charge on any atom is 0.420 e. The number of carbonyl (C=O) groups is 1. The van der Waals surface area contributed by atoms with Crippen LogP contribution in [0.2, 0.25) is 0 Å². The van der Waals surface area contributed by atoms with E-state index >= 15 is 0 Å². The molecule has 2 heterocycles. The number of hydrogen-bond acceptors (Lipinski definition) is 4. The second-order valence-corrected chi connectivity index (χ2v) is 8.00. The van der Waals surface area contributed by atoms with Gasteiger partial charge in [-0.2, -0.15) is 0 Å². The molecule has 4 nitrogen and oxygen atoms in total. The van der Waals surface area contributed by atoms with Crippen molar-refractivity contribution in [2.24, 2.45) is 0 Å². The lowest BCUT2D eigenvalue weighted by atomic mass is 10.2. The summed E-state index contributed by atoms with van der Waals surface area (Å²) in [6, 6.07) is 11.2. The smallest absolute Gasteiger partial charge is 0.420 e. The second kappa shape index (κ2) is 6.16. The summed E-state index contributed by atoms with van der Waals surface area (Å²) < 4.78 is 3.44. The van der Waals surface area contributed by atoms with Gasteiger partial charge in [0.2, 0.25) is 3.79 Å². The van der Waals surface area contributed by atoms with Crippen LogP contribution in [0.5, 0.6) is 0 Å². The van der Waals surface area contributed by atoms with Crippen LogP contribution in [0.1, 0.15) is 0 Å². The van der Waals surface area contributed by atoms with E-state index in [1.165, 1.54) is 16.7 Å². The van der Waals surface area contributed by atoms with E-state index in [9.17, 15) is 4.79 Å². The predicted molar refractivity (Wildman–Crippen MR) is 88.6 cm³/mol. The first-order valence-electron chi connectivity index (χ1n) is 6.21. The molecule has 0 aliphatic carbocycles. The van der Waals surface area contributed by atoms with Crippen molar-refractivity contribution in [3.63, 3.8) is 0 Å². The molecular weight excluding hydrogens is 367 g/mol. The Balaban J connectivity index is 1.98. The summed E-state index contributed by atoms with van der Waals surface area (Å²) in [5.74, 6) is 0.500. The van der Waals surface area contributed by atoms with Crippen LogP contribution < -0.4 is 4.90 Å². The number of aromatic nitrogens is 1. The van der Waals surface area contributed by atoms with E-state index in [-0.39, 0.29) is 6.61 Å². The van der Waals surface area contributed by atoms with E-state index in [4.69, 9.17) is 39.5 Å². The minimum atomic E-state index is -1.66. The molecule has 0 unspecified atom stereocenters. The highest BCUT2D eigenvalue weighted by molar-refractivity contribution is 7.99. The van der Waals surface area contributed by atoms with Crippen LogP contribution in [0, 0.1) is 0 Å². The number of halogens is 3. The van der Waals surface area contributed by atoms with E-state index in [1.54, 1.807) is 6.20 Å². The molecule has 0 atom stereocenters. The van der Waals surface area contributed by atoms with Crippen molar-refractivity contribution in [3.8, 4) is 0 Å². The van der Waals surface area contributed by atoms with Gasteiger partial charge in [-0.15, -0.1) is 0 Å². The molecule has 0 spiro atoms. The average Bonchev–Trinajstić information content (AvgIpc) is 2.49. The second-order valence-electron chi connectivity index (χ2n) is 4.40. The molecule has 1 aliphatic rings. The van der Waals surface area contributed by atoms with E-state index in [0.29, 0.717) is 11.5 Å². The summed E-state index contributed by atoms with van der Waals surface area (Å²) in [5, 5.41) is 0. The zero-order chi connectivity index (χ0) is 15.7. The number of rotatable bonds is 1. The van der Waals surface area contributed by atoms with Gasteiger partial charge >= 0.3 is 6.09 Å². The molecule has 1 aromatic heterocycles. The highest BCUT2D eigenvalue weighted by Crippen LogP contribution is 2.47. The Morgan fingerprint density at radius 2 is 1.91 bits per heavy atom. The number of pyridine rings is 1. The third-order valence-corrected chi connectivity index (χ3v) is 4.26. The molecule has 0 bridgehead atoms. The molecule has 0 saturated carbocycles. The van der Waals surface area contributed by atoms with E-state index in [2.05, 4.69) is 4.98 Å². The van der Waals surface area contributed by atoms with Gasteiger partial charge in [0.1, 0.15) is 6.61 Å². The number of anilines is 2. The standard InChI is InChI=1S/C14H9Cl3N2O2S/c15-14(16,17)8-21-13(20)19-9-4-1-2-5-10(9)22-11-6-3-7-18-12(11)19/h1-7H,8H2. The molecule has 0 N–H and O–H groups in total. The molecule has 1 aliphatic heterocycles. The molecule has 0 radical (unpaired) electrons. The van der Waals surface area contributed by atoms with Crippen LogP contribution in [0.25, 0.3) is 0 Å². The number of ether oxygens (including phenoxy) is 1. The van der Waals surface area contributed by atoms with E-state index in [0.717, 1.165) is 9.79 Å². The molecular formula is C14H9Cl3N2O2S. The van der Waals surface area contributed by atoms with Crippen LogP contribution in [-0.4, -0.2) is 21.5 Å². The van der Waals surface area contributed by atoms with Crippen LogP contribution in [0.4, 0.5) is 16.3 Å². The third kappa shape index (κ3) is 3.27. The number of benzene rings is 1. The highest BCUT2D eigenvalue weighted by atomic mass is 35.6. The number of para-hydroxylation sites is 1. The Kier molecular flexibility index (Phi) is 4.41. The molecule has 3 rings (SSSR count).